The molecule has 2 amide bonds. The number of carbonyl (C=O) groups is 2. The fourth-order valence-corrected chi connectivity index (χ4v) is 1.54. The Kier molecular flexibility index (Phi) is 4.08. The SMILES string of the molecule is CNC(C)CNC(=O)C1CC(=O)N(C)C1. The van der Waals surface area contributed by atoms with Crippen LogP contribution in [0.15, 0.2) is 0 Å². The summed E-state index contributed by atoms with van der Waals surface area (Å²) in [5.74, 6) is -0.141. The van der Waals surface area contributed by atoms with Gasteiger partial charge < -0.3 is 15.5 Å². The molecule has 1 fully saturated rings. The van der Waals surface area contributed by atoms with E-state index in [1.54, 1.807) is 11.9 Å². The first-order valence-corrected chi connectivity index (χ1v) is 5.23. The van der Waals surface area contributed by atoms with Gasteiger partial charge in [0.2, 0.25) is 11.8 Å². The lowest BCUT2D eigenvalue weighted by atomic mass is 10.1. The molecule has 2 unspecified atom stereocenters. The molecule has 0 aromatic rings. The molecule has 1 aliphatic heterocycles. The van der Waals surface area contributed by atoms with Crippen molar-refractivity contribution in [2.24, 2.45) is 5.92 Å². The number of likely N-dealkylation sites (N-methyl/N-ethyl adjacent to an activating group) is 1. The largest absolute Gasteiger partial charge is 0.354 e. The third kappa shape index (κ3) is 3.20. The van der Waals surface area contributed by atoms with Gasteiger partial charge in [0.15, 0.2) is 0 Å². The van der Waals surface area contributed by atoms with Gasteiger partial charge in [0, 0.05) is 32.6 Å². The molecule has 0 radical (unpaired) electrons. The van der Waals surface area contributed by atoms with Crippen molar-refractivity contribution >= 4 is 11.8 Å². The molecule has 0 aromatic carbocycles. The Hall–Kier alpha value is -1.10. The molecule has 0 bridgehead atoms. The molecule has 1 heterocycles. The second-order valence-electron chi connectivity index (χ2n) is 4.11. The standard InChI is InChI=1S/C10H19N3O2/c1-7(11-2)5-12-10(15)8-4-9(14)13(3)6-8/h7-8,11H,4-6H2,1-3H3,(H,12,15). The molecule has 0 aliphatic carbocycles. The number of likely N-dealkylation sites (tertiary alicyclic amines) is 1. The van der Waals surface area contributed by atoms with Crippen molar-refractivity contribution in [3.63, 3.8) is 0 Å². The van der Waals surface area contributed by atoms with Crippen molar-refractivity contribution < 1.29 is 9.59 Å². The van der Waals surface area contributed by atoms with Gasteiger partial charge in [0.05, 0.1) is 5.92 Å². The second-order valence-corrected chi connectivity index (χ2v) is 4.11. The molecule has 0 saturated carbocycles. The monoisotopic (exact) mass is 213 g/mol. The quantitative estimate of drug-likeness (QED) is 0.642. The highest BCUT2D eigenvalue weighted by Gasteiger charge is 2.31. The average Bonchev–Trinajstić information content (AvgIpc) is 2.55. The summed E-state index contributed by atoms with van der Waals surface area (Å²) in [7, 11) is 3.58. The Morgan fingerprint density at radius 2 is 2.33 bits per heavy atom. The van der Waals surface area contributed by atoms with E-state index < -0.39 is 0 Å². The highest BCUT2D eigenvalue weighted by atomic mass is 16.2. The minimum atomic E-state index is -0.174. The van der Waals surface area contributed by atoms with Crippen LogP contribution in [-0.2, 0) is 9.59 Å². The third-order valence-electron chi connectivity index (χ3n) is 2.79. The summed E-state index contributed by atoms with van der Waals surface area (Å²) in [6.07, 6.45) is 0.344. The van der Waals surface area contributed by atoms with Crippen LogP contribution in [0.3, 0.4) is 0 Å². The van der Waals surface area contributed by atoms with Crippen molar-refractivity contribution in [3.05, 3.63) is 0 Å². The van der Waals surface area contributed by atoms with Crippen molar-refractivity contribution in [1.29, 1.82) is 0 Å². The van der Waals surface area contributed by atoms with Crippen molar-refractivity contribution in [1.82, 2.24) is 15.5 Å². The van der Waals surface area contributed by atoms with Crippen LogP contribution in [0.4, 0.5) is 0 Å². The molecule has 2 N–H and O–H groups in total. The van der Waals surface area contributed by atoms with E-state index in [1.807, 2.05) is 14.0 Å². The molecule has 5 heteroatoms. The van der Waals surface area contributed by atoms with Crippen LogP contribution in [-0.4, -0.2) is 49.9 Å². The maximum Gasteiger partial charge on any atom is 0.225 e. The fourth-order valence-electron chi connectivity index (χ4n) is 1.54. The van der Waals surface area contributed by atoms with Gasteiger partial charge in [-0.05, 0) is 14.0 Å². The summed E-state index contributed by atoms with van der Waals surface area (Å²) >= 11 is 0. The van der Waals surface area contributed by atoms with Gasteiger partial charge >= 0.3 is 0 Å². The molecule has 15 heavy (non-hydrogen) atoms. The van der Waals surface area contributed by atoms with E-state index in [-0.39, 0.29) is 23.8 Å². The van der Waals surface area contributed by atoms with Gasteiger partial charge in [-0.3, -0.25) is 9.59 Å². The van der Waals surface area contributed by atoms with Crippen LogP contribution in [0.25, 0.3) is 0 Å². The van der Waals surface area contributed by atoms with Gasteiger partial charge in [-0.2, -0.15) is 0 Å². The molecule has 2 atom stereocenters. The molecule has 0 aromatic heterocycles. The molecular weight excluding hydrogens is 194 g/mol. The highest BCUT2D eigenvalue weighted by molar-refractivity contribution is 5.89. The zero-order chi connectivity index (χ0) is 11.4. The second kappa shape index (κ2) is 5.11. The van der Waals surface area contributed by atoms with Gasteiger partial charge in [0.1, 0.15) is 0 Å². The molecule has 1 saturated heterocycles. The Balaban J connectivity index is 2.32. The van der Waals surface area contributed by atoms with Crippen LogP contribution in [0, 0.1) is 5.92 Å². The predicted octanol–water partition coefficient (Wildman–Crippen LogP) is -0.811. The number of hydrogen-bond acceptors (Lipinski definition) is 3. The number of carbonyl (C=O) groups excluding carboxylic acids is 2. The molecule has 0 spiro atoms. The van der Waals surface area contributed by atoms with Gasteiger partial charge in [0.25, 0.3) is 0 Å². The lowest BCUT2D eigenvalue weighted by Gasteiger charge is -2.14. The Morgan fingerprint density at radius 1 is 1.67 bits per heavy atom. The number of amides is 2. The molecule has 5 nitrogen and oxygen atoms in total. The fraction of sp³-hybridized carbons (Fsp3) is 0.800. The summed E-state index contributed by atoms with van der Waals surface area (Å²) in [5.41, 5.74) is 0. The highest BCUT2D eigenvalue weighted by Crippen LogP contribution is 2.15. The minimum Gasteiger partial charge on any atom is -0.354 e. The first kappa shape index (κ1) is 12.0. The molecule has 1 rings (SSSR count). The summed E-state index contributed by atoms with van der Waals surface area (Å²) in [4.78, 5) is 24.5. The Morgan fingerprint density at radius 3 is 2.80 bits per heavy atom. The van der Waals surface area contributed by atoms with Gasteiger partial charge in [-0.15, -0.1) is 0 Å². The average molecular weight is 213 g/mol. The van der Waals surface area contributed by atoms with E-state index in [1.165, 1.54) is 0 Å². The zero-order valence-corrected chi connectivity index (χ0v) is 9.54. The maximum absolute atomic E-state index is 11.6. The lowest BCUT2D eigenvalue weighted by molar-refractivity contribution is -0.128. The van der Waals surface area contributed by atoms with Crippen LogP contribution < -0.4 is 10.6 Å². The minimum absolute atomic E-state index is 0.0187. The van der Waals surface area contributed by atoms with Gasteiger partial charge in [-0.1, -0.05) is 0 Å². The summed E-state index contributed by atoms with van der Waals surface area (Å²) in [6, 6.07) is 0.254. The Bertz CT molecular complexity index is 255. The first-order valence-electron chi connectivity index (χ1n) is 5.23. The number of nitrogens with one attached hydrogen (secondary N) is 2. The zero-order valence-electron chi connectivity index (χ0n) is 9.54. The lowest BCUT2D eigenvalue weighted by Crippen LogP contribution is -2.40. The Labute approximate surface area is 90.2 Å². The maximum atomic E-state index is 11.6. The third-order valence-corrected chi connectivity index (χ3v) is 2.79. The van der Waals surface area contributed by atoms with E-state index in [9.17, 15) is 9.59 Å². The number of hydrogen-bond donors (Lipinski definition) is 2. The van der Waals surface area contributed by atoms with E-state index >= 15 is 0 Å². The van der Waals surface area contributed by atoms with Crippen molar-refractivity contribution in [2.45, 2.75) is 19.4 Å². The van der Waals surface area contributed by atoms with Crippen molar-refractivity contribution in [3.8, 4) is 0 Å². The topological polar surface area (TPSA) is 61.4 Å². The first-order chi connectivity index (χ1) is 7.04. The summed E-state index contributed by atoms with van der Waals surface area (Å²) in [5, 5.41) is 5.87. The predicted molar refractivity (Wildman–Crippen MR) is 57.3 cm³/mol. The molecular formula is C10H19N3O2. The summed E-state index contributed by atoms with van der Waals surface area (Å²) < 4.78 is 0. The van der Waals surface area contributed by atoms with E-state index in [4.69, 9.17) is 0 Å². The normalized spacial score (nSPS) is 23.0. The van der Waals surface area contributed by atoms with E-state index in [0.717, 1.165) is 0 Å². The van der Waals surface area contributed by atoms with Crippen LogP contribution >= 0.6 is 0 Å². The molecule has 1 aliphatic rings. The van der Waals surface area contributed by atoms with Crippen molar-refractivity contribution in [2.75, 3.05) is 27.2 Å². The van der Waals surface area contributed by atoms with Crippen LogP contribution in [0.1, 0.15) is 13.3 Å². The summed E-state index contributed by atoms with van der Waals surface area (Å²) in [6.45, 7) is 3.13. The van der Waals surface area contributed by atoms with E-state index in [2.05, 4.69) is 10.6 Å². The smallest absolute Gasteiger partial charge is 0.225 e. The van der Waals surface area contributed by atoms with Crippen LogP contribution in [0.5, 0.6) is 0 Å². The number of nitrogens with zero attached hydrogens (tertiary/aromatic N) is 1. The van der Waals surface area contributed by atoms with E-state index in [0.29, 0.717) is 19.5 Å². The molecule has 86 valence electrons. The van der Waals surface area contributed by atoms with Crippen LogP contribution in [0.2, 0.25) is 0 Å². The number of rotatable bonds is 4. The van der Waals surface area contributed by atoms with Gasteiger partial charge in [-0.25, -0.2) is 0 Å².